The summed E-state index contributed by atoms with van der Waals surface area (Å²) in [7, 11) is 0. The summed E-state index contributed by atoms with van der Waals surface area (Å²) in [5.41, 5.74) is 0. The molecule has 4 fully saturated rings. The fraction of sp³-hybridized carbons (Fsp3) is 1.00. The third-order valence-electron chi connectivity index (χ3n) is 3.21. The first-order valence-electron chi connectivity index (χ1n) is 6.69. The Labute approximate surface area is 127 Å². The van der Waals surface area contributed by atoms with Crippen molar-refractivity contribution in [3.8, 4) is 0 Å². The minimum atomic E-state index is -0.0977. The Morgan fingerprint density at radius 3 is 1.63 bits per heavy atom. The lowest BCUT2D eigenvalue weighted by Gasteiger charge is -2.41. The molecule has 19 heavy (non-hydrogen) atoms. The molecule has 4 aliphatic rings. The van der Waals surface area contributed by atoms with Crippen molar-refractivity contribution in [2.75, 3.05) is 47.7 Å². The third kappa shape index (κ3) is 4.43. The molecule has 0 aromatic rings. The highest BCUT2D eigenvalue weighted by molar-refractivity contribution is 8.04. The monoisotopic (exact) mass is 324 g/mol. The van der Waals surface area contributed by atoms with Crippen LogP contribution < -0.4 is 0 Å². The molecule has 0 aliphatic carbocycles. The summed E-state index contributed by atoms with van der Waals surface area (Å²) < 4.78 is 23.3. The van der Waals surface area contributed by atoms with E-state index in [0.717, 1.165) is 11.5 Å². The molecular weight excluding hydrogens is 304 g/mol. The summed E-state index contributed by atoms with van der Waals surface area (Å²) in [6, 6.07) is 0. The van der Waals surface area contributed by atoms with Crippen LogP contribution >= 0.6 is 35.3 Å². The van der Waals surface area contributed by atoms with Gasteiger partial charge in [0, 0.05) is 34.5 Å². The molecule has 4 saturated heterocycles. The second kappa shape index (κ2) is 7.77. The number of fused-ring (bicyclic) bond motifs is 10. The number of thioether (sulfide) groups is 3. The van der Waals surface area contributed by atoms with Crippen molar-refractivity contribution in [2.24, 2.45) is 0 Å². The van der Waals surface area contributed by atoms with Gasteiger partial charge in [-0.1, -0.05) is 0 Å². The molecule has 4 aliphatic heterocycles. The van der Waals surface area contributed by atoms with E-state index in [9.17, 15) is 0 Å². The van der Waals surface area contributed by atoms with Gasteiger partial charge in [0.15, 0.2) is 12.6 Å². The van der Waals surface area contributed by atoms with E-state index in [1.807, 2.05) is 35.3 Å². The molecule has 0 radical (unpaired) electrons. The molecule has 4 atom stereocenters. The maximum atomic E-state index is 5.91. The quantitative estimate of drug-likeness (QED) is 0.671. The topological polar surface area (TPSA) is 36.9 Å². The van der Waals surface area contributed by atoms with Gasteiger partial charge in [-0.2, -0.15) is 35.3 Å². The van der Waals surface area contributed by atoms with Gasteiger partial charge in [0.2, 0.25) is 0 Å². The Morgan fingerprint density at radius 1 is 0.632 bits per heavy atom. The fourth-order valence-electron chi connectivity index (χ4n) is 2.21. The lowest BCUT2D eigenvalue weighted by atomic mass is 10.2. The van der Waals surface area contributed by atoms with Crippen molar-refractivity contribution in [3.05, 3.63) is 0 Å². The van der Waals surface area contributed by atoms with E-state index < -0.39 is 0 Å². The average Bonchev–Trinajstić information content (AvgIpc) is 2.46. The van der Waals surface area contributed by atoms with Gasteiger partial charge < -0.3 is 18.9 Å². The first-order chi connectivity index (χ1) is 9.42. The Balaban J connectivity index is 1.57. The second-order valence-corrected chi connectivity index (χ2v) is 8.16. The number of hydrogen-bond acceptors (Lipinski definition) is 7. The maximum absolute atomic E-state index is 5.91. The minimum Gasteiger partial charge on any atom is -0.349 e. The highest BCUT2D eigenvalue weighted by Gasteiger charge is 2.38. The van der Waals surface area contributed by atoms with Crippen LogP contribution in [0.4, 0.5) is 0 Å². The van der Waals surface area contributed by atoms with Crippen LogP contribution in [-0.4, -0.2) is 72.5 Å². The lowest BCUT2D eigenvalue weighted by Crippen LogP contribution is -2.54. The van der Waals surface area contributed by atoms with Crippen LogP contribution in [0.1, 0.15) is 0 Å². The standard InChI is InChI=1S/C12H20O4S3/c1-3-18-7-11-13-5-10-9(15-11)6-14-12(16-10)8-19-4-2-17-1/h9-12H,1-8H2/t9-,10-,11+,12+/m0/s1. The summed E-state index contributed by atoms with van der Waals surface area (Å²) in [5, 5.41) is 0. The van der Waals surface area contributed by atoms with Crippen molar-refractivity contribution >= 4 is 35.3 Å². The molecule has 0 N–H and O–H groups in total. The van der Waals surface area contributed by atoms with Crippen LogP contribution in [-0.2, 0) is 18.9 Å². The Bertz CT molecular complexity index is 252. The average molecular weight is 324 g/mol. The second-order valence-electron chi connectivity index (χ2n) is 4.64. The fourth-order valence-corrected chi connectivity index (χ4v) is 5.37. The zero-order valence-corrected chi connectivity index (χ0v) is 13.3. The van der Waals surface area contributed by atoms with Gasteiger partial charge in [-0.25, -0.2) is 0 Å². The van der Waals surface area contributed by atoms with Crippen LogP contribution in [0.3, 0.4) is 0 Å². The van der Waals surface area contributed by atoms with Crippen LogP contribution in [0, 0.1) is 0 Å². The van der Waals surface area contributed by atoms with Gasteiger partial charge in [-0.3, -0.25) is 0 Å². The predicted octanol–water partition coefficient (Wildman–Crippen LogP) is 1.68. The Kier molecular flexibility index (Phi) is 6.06. The van der Waals surface area contributed by atoms with Crippen molar-refractivity contribution < 1.29 is 18.9 Å². The number of rotatable bonds is 0. The minimum absolute atomic E-state index is 0.0418. The normalized spacial score (nSPS) is 41.7. The molecule has 0 unspecified atom stereocenters. The van der Waals surface area contributed by atoms with Crippen LogP contribution in [0.15, 0.2) is 0 Å². The van der Waals surface area contributed by atoms with Gasteiger partial charge in [0.05, 0.1) is 13.2 Å². The molecule has 4 heterocycles. The van der Waals surface area contributed by atoms with Crippen LogP contribution in [0.5, 0.6) is 0 Å². The third-order valence-corrected chi connectivity index (χ3v) is 6.72. The summed E-state index contributed by atoms with van der Waals surface area (Å²) in [6.07, 6.45) is -0.112. The molecule has 110 valence electrons. The number of ether oxygens (including phenoxy) is 4. The highest BCUT2D eigenvalue weighted by Crippen LogP contribution is 2.26. The van der Waals surface area contributed by atoms with E-state index >= 15 is 0 Å². The van der Waals surface area contributed by atoms with Crippen LogP contribution in [0.25, 0.3) is 0 Å². The molecule has 0 amide bonds. The van der Waals surface area contributed by atoms with Crippen LogP contribution in [0.2, 0.25) is 0 Å². The molecule has 0 spiro atoms. The van der Waals surface area contributed by atoms with E-state index in [4.69, 9.17) is 18.9 Å². The molecular formula is C12H20O4S3. The van der Waals surface area contributed by atoms with Gasteiger partial charge in [0.25, 0.3) is 0 Å². The van der Waals surface area contributed by atoms with Crippen molar-refractivity contribution in [3.63, 3.8) is 0 Å². The molecule has 0 aromatic carbocycles. The van der Waals surface area contributed by atoms with Gasteiger partial charge in [0.1, 0.15) is 12.2 Å². The molecule has 4 rings (SSSR count). The molecule has 4 bridgehead atoms. The zero-order valence-electron chi connectivity index (χ0n) is 10.8. The van der Waals surface area contributed by atoms with Crippen molar-refractivity contribution in [1.82, 2.24) is 0 Å². The van der Waals surface area contributed by atoms with Crippen molar-refractivity contribution in [1.29, 1.82) is 0 Å². The van der Waals surface area contributed by atoms with E-state index in [0.29, 0.717) is 13.2 Å². The SMILES string of the molecule is C1CSC[C@@H]2OC[C@@H]3O[C@H](CSCCS1)OC[C@@H]3O2. The first-order valence-corrected chi connectivity index (χ1v) is 10.2. The van der Waals surface area contributed by atoms with E-state index in [-0.39, 0.29) is 24.8 Å². The van der Waals surface area contributed by atoms with Gasteiger partial charge in [-0.05, 0) is 0 Å². The van der Waals surface area contributed by atoms with E-state index in [1.165, 1.54) is 23.0 Å². The van der Waals surface area contributed by atoms with Gasteiger partial charge >= 0.3 is 0 Å². The Morgan fingerprint density at radius 2 is 1.11 bits per heavy atom. The number of hydrogen-bond donors (Lipinski definition) is 0. The van der Waals surface area contributed by atoms with Crippen molar-refractivity contribution in [2.45, 2.75) is 24.8 Å². The van der Waals surface area contributed by atoms with E-state index in [2.05, 4.69) is 0 Å². The molecule has 0 saturated carbocycles. The predicted molar refractivity (Wildman–Crippen MR) is 81.2 cm³/mol. The molecule has 0 aromatic heterocycles. The smallest absolute Gasteiger partial charge is 0.167 e. The maximum Gasteiger partial charge on any atom is 0.167 e. The summed E-state index contributed by atoms with van der Waals surface area (Å²) in [5.74, 6) is 6.56. The zero-order chi connectivity index (χ0) is 12.9. The summed E-state index contributed by atoms with van der Waals surface area (Å²) in [4.78, 5) is 0. The Hall–Kier alpha value is 0.890. The van der Waals surface area contributed by atoms with E-state index in [1.54, 1.807) is 0 Å². The molecule has 4 nitrogen and oxygen atoms in total. The lowest BCUT2D eigenvalue weighted by molar-refractivity contribution is -0.326. The first kappa shape index (κ1) is 14.8. The largest absolute Gasteiger partial charge is 0.349 e. The highest BCUT2D eigenvalue weighted by atomic mass is 32.2. The van der Waals surface area contributed by atoms with Gasteiger partial charge in [-0.15, -0.1) is 0 Å². The summed E-state index contributed by atoms with van der Waals surface area (Å²) >= 11 is 5.84. The summed E-state index contributed by atoms with van der Waals surface area (Å²) in [6.45, 7) is 1.27. The molecule has 7 heteroatoms.